The van der Waals surface area contributed by atoms with Crippen LogP contribution in [0, 0.1) is 0 Å². The Balaban J connectivity index is 0.00000169. The second-order valence-corrected chi connectivity index (χ2v) is 3.61. The summed E-state index contributed by atoms with van der Waals surface area (Å²) >= 11 is 0. The molecule has 1 aromatic rings. The Bertz CT molecular complexity index is 276. The molecule has 0 bridgehead atoms. The zero-order valence-corrected chi connectivity index (χ0v) is 9.42. The summed E-state index contributed by atoms with van der Waals surface area (Å²) in [4.78, 5) is 0. The van der Waals surface area contributed by atoms with E-state index in [1.54, 1.807) is 0 Å². The largest absolute Gasteiger partial charge is 0.394 e. The second-order valence-electron chi connectivity index (χ2n) is 3.61. The fraction of sp³-hybridized carbons (Fsp3) is 0.455. The van der Waals surface area contributed by atoms with Crippen LogP contribution in [-0.4, -0.2) is 11.7 Å². The zero-order chi connectivity index (χ0) is 9.84. The van der Waals surface area contributed by atoms with Crippen molar-refractivity contribution >= 4 is 12.4 Å². The summed E-state index contributed by atoms with van der Waals surface area (Å²) in [5.41, 5.74) is 7.99. The molecule has 0 aliphatic carbocycles. The topological polar surface area (TPSA) is 46.2 Å². The van der Waals surface area contributed by atoms with Gasteiger partial charge < -0.3 is 10.8 Å². The molecule has 0 aromatic heterocycles. The minimum absolute atomic E-state index is 0. The molecule has 1 atom stereocenters. The summed E-state index contributed by atoms with van der Waals surface area (Å²) in [5, 5.41) is 8.89. The van der Waals surface area contributed by atoms with Crippen LogP contribution in [0.3, 0.4) is 0 Å². The molecular formula is C11H18ClNO. The zero-order valence-electron chi connectivity index (χ0n) is 8.60. The van der Waals surface area contributed by atoms with Crippen LogP contribution in [0.15, 0.2) is 24.3 Å². The molecule has 0 aliphatic heterocycles. The van der Waals surface area contributed by atoms with E-state index in [-0.39, 0.29) is 25.1 Å². The fourth-order valence-corrected chi connectivity index (χ4v) is 1.25. The van der Waals surface area contributed by atoms with Crippen LogP contribution in [-0.2, 0) is 0 Å². The Morgan fingerprint density at radius 3 is 2.36 bits per heavy atom. The maximum atomic E-state index is 8.89. The van der Waals surface area contributed by atoms with Crippen molar-refractivity contribution in [2.24, 2.45) is 5.73 Å². The van der Waals surface area contributed by atoms with Crippen molar-refractivity contribution in [3.05, 3.63) is 35.4 Å². The number of nitrogens with two attached hydrogens (primary N) is 1. The van der Waals surface area contributed by atoms with Gasteiger partial charge in [-0.3, -0.25) is 0 Å². The number of aliphatic hydroxyl groups excluding tert-OH is 1. The highest BCUT2D eigenvalue weighted by Gasteiger charge is 2.05. The van der Waals surface area contributed by atoms with E-state index in [2.05, 4.69) is 26.0 Å². The van der Waals surface area contributed by atoms with Gasteiger partial charge in [0.1, 0.15) is 0 Å². The second kappa shape index (κ2) is 6.02. The summed E-state index contributed by atoms with van der Waals surface area (Å²) in [5.74, 6) is 0.505. The normalized spacial score (nSPS) is 12.4. The molecular weight excluding hydrogens is 198 g/mol. The Kier molecular flexibility index (Phi) is 5.77. The van der Waals surface area contributed by atoms with Crippen molar-refractivity contribution in [1.82, 2.24) is 0 Å². The summed E-state index contributed by atoms with van der Waals surface area (Å²) in [6, 6.07) is 7.83. The van der Waals surface area contributed by atoms with Crippen molar-refractivity contribution in [1.29, 1.82) is 0 Å². The van der Waals surface area contributed by atoms with E-state index >= 15 is 0 Å². The highest BCUT2D eigenvalue weighted by Crippen LogP contribution is 2.18. The third-order valence-corrected chi connectivity index (χ3v) is 2.20. The van der Waals surface area contributed by atoms with Gasteiger partial charge in [-0.2, -0.15) is 0 Å². The van der Waals surface area contributed by atoms with Gasteiger partial charge in [-0.1, -0.05) is 38.1 Å². The van der Waals surface area contributed by atoms with Gasteiger partial charge in [0.05, 0.1) is 12.6 Å². The molecule has 0 unspecified atom stereocenters. The molecule has 2 nitrogen and oxygen atoms in total. The van der Waals surface area contributed by atoms with E-state index in [0.29, 0.717) is 5.92 Å². The first-order valence-electron chi connectivity index (χ1n) is 4.61. The smallest absolute Gasteiger partial charge is 0.0624 e. The predicted molar refractivity (Wildman–Crippen MR) is 61.8 cm³/mol. The third kappa shape index (κ3) is 3.29. The van der Waals surface area contributed by atoms with Crippen LogP contribution < -0.4 is 5.73 Å². The number of aliphatic hydroxyl groups is 1. The number of hydrogen-bond donors (Lipinski definition) is 2. The molecule has 1 rings (SSSR count). The van der Waals surface area contributed by atoms with E-state index < -0.39 is 0 Å². The van der Waals surface area contributed by atoms with E-state index in [1.807, 2.05) is 12.1 Å². The average molecular weight is 216 g/mol. The van der Waals surface area contributed by atoms with Crippen LogP contribution in [0.4, 0.5) is 0 Å². The fourth-order valence-electron chi connectivity index (χ4n) is 1.25. The van der Waals surface area contributed by atoms with Gasteiger partial charge in [0.25, 0.3) is 0 Å². The summed E-state index contributed by atoms with van der Waals surface area (Å²) in [7, 11) is 0. The van der Waals surface area contributed by atoms with Crippen molar-refractivity contribution in [3.63, 3.8) is 0 Å². The molecule has 0 spiro atoms. The van der Waals surface area contributed by atoms with Crippen molar-refractivity contribution in [2.45, 2.75) is 25.8 Å². The third-order valence-electron chi connectivity index (χ3n) is 2.20. The Hall–Kier alpha value is -0.570. The van der Waals surface area contributed by atoms with Crippen LogP contribution in [0.1, 0.15) is 36.9 Å². The van der Waals surface area contributed by atoms with Crippen LogP contribution in [0.25, 0.3) is 0 Å². The molecule has 14 heavy (non-hydrogen) atoms. The van der Waals surface area contributed by atoms with E-state index in [1.165, 1.54) is 5.56 Å². The Morgan fingerprint density at radius 2 is 1.86 bits per heavy atom. The maximum absolute atomic E-state index is 8.89. The van der Waals surface area contributed by atoms with Gasteiger partial charge in [0.2, 0.25) is 0 Å². The summed E-state index contributed by atoms with van der Waals surface area (Å²) < 4.78 is 0. The summed E-state index contributed by atoms with van der Waals surface area (Å²) in [6.45, 7) is 4.29. The molecule has 3 N–H and O–H groups in total. The van der Waals surface area contributed by atoms with Crippen LogP contribution in [0.5, 0.6) is 0 Å². The van der Waals surface area contributed by atoms with E-state index in [4.69, 9.17) is 10.8 Å². The van der Waals surface area contributed by atoms with Gasteiger partial charge in [0, 0.05) is 0 Å². The number of halogens is 1. The van der Waals surface area contributed by atoms with Gasteiger partial charge >= 0.3 is 0 Å². The lowest BCUT2D eigenvalue weighted by Crippen LogP contribution is -2.14. The standard InChI is InChI=1S/C11H17NO.ClH/c1-8(2)9-4-3-5-10(6-9)11(12)7-13;/h3-6,8,11,13H,7,12H2,1-2H3;1H/t11-;/m1./s1. The number of rotatable bonds is 3. The highest BCUT2D eigenvalue weighted by molar-refractivity contribution is 5.85. The minimum atomic E-state index is -0.251. The Labute approximate surface area is 91.5 Å². The van der Waals surface area contributed by atoms with Gasteiger partial charge in [-0.05, 0) is 17.0 Å². The molecule has 3 heteroatoms. The maximum Gasteiger partial charge on any atom is 0.0624 e. The van der Waals surface area contributed by atoms with E-state index in [9.17, 15) is 0 Å². The highest BCUT2D eigenvalue weighted by atomic mass is 35.5. The molecule has 0 fully saturated rings. The first kappa shape index (κ1) is 13.4. The monoisotopic (exact) mass is 215 g/mol. The van der Waals surface area contributed by atoms with Crippen LogP contribution in [0.2, 0.25) is 0 Å². The van der Waals surface area contributed by atoms with Crippen molar-refractivity contribution in [3.8, 4) is 0 Å². The van der Waals surface area contributed by atoms with Crippen LogP contribution >= 0.6 is 12.4 Å². The number of benzene rings is 1. The lowest BCUT2D eigenvalue weighted by molar-refractivity contribution is 0.268. The lowest BCUT2D eigenvalue weighted by Gasteiger charge is -2.11. The van der Waals surface area contributed by atoms with Crippen molar-refractivity contribution < 1.29 is 5.11 Å². The first-order chi connectivity index (χ1) is 6.15. The average Bonchev–Trinajstić information content (AvgIpc) is 2.17. The quantitative estimate of drug-likeness (QED) is 0.813. The van der Waals surface area contributed by atoms with Gasteiger partial charge in [-0.15, -0.1) is 12.4 Å². The first-order valence-corrected chi connectivity index (χ1v) is 4.61. The SMILES string of the molecule is CC(C)c1cccc([C@H](N)CO)c1.Cl. The number of hydrogen-bond acceptors (Lipinski definition) is 2. The van der Waals surface area contributed by atoms with Gasteiger partial charge in [-0.25, -0.2) is 0 Å². The molecule has 0 saturated heterocycles. The predicted octanol–water partition coefficient (Wildman–Crippen LogP) is 2.22. The van der Waals surface area contributed by atoms with Gasteiger partial charge in [0.15, 0.2) is 0 Å². The molecule has 0 aliphatic rings. The van der Waals surface area contributed by atoms with Crippen molar-refractivity contribution in [2.75, 3.05) is 6.61 Å². The van der Waals surface area contributed by atoms with E-state index in [0.717, 1.165) is 5.56 Å². The lowest BCUT2D eigenvalue weighted by atomic mass is 9.98. The molecule has 1 aromatic carbocycles. The molecule has 0 heterocycles. The molecule has 0 radical (unpaired) electrons. The minimum Gasteiger partial charge on any atom is -0.394 e. The summed E-state index contributed by atoms with van der Waals surface area (Å²) in [6.07, 6.45) is 0. The molecule has 0 amide bonds. The molecule has 0 saturated carbocycles. The Morgan fingerprint density at radius 1 is 1.29 bits per heavy atom. The molecule has 80 valence electrons.